The minimum Gasteiger partial charge on any atom is -0.388 e. The molecule has 0 aromatic carbocycles. The second-order valence-corrected chi connectivity index (χ2v) is 7.72. The Labute approximate surface area is 105 Å². The van der Waals surface area contributed by atoms with Crippen molar-refractivity contribution in [1.29, 1.82) is 5.41 Å². The number of rotatable bonds is 6. The molecule has 0 aliphatic heterocycles. The molecule has 0 radical (unpaired) electrons. The average Bonchev–Trinajstić information content (AvgIpc) is 1.96. The third-order valence-corrected chi connectivity index (χ3v) is 4.70. The number of nitrogens with one attached hydrogen (secondary N) is 1. The van der Waals surface area contributed by atoms with Gasteiger partial charge in [0, 0.05) is 19.0 Å². The van der Waals surface area contributed by atoms with Gasteiger partial charge in [0.1, 0.15) is 0 Å². The summed E-state index contributed by atoms with van der Waals surface area (Å²) in [5, 5.41) is 7.17. The molecule has 0 bridgehead atoms. The summed E-state index contributed by atoms with van der Waals surface area (Å²) in [5.41, 5.74) is 5.00. The van der Waals surface area contributed by atoms with E-state index in [0.717, 1.165) is 0 Å². The molecule has 0 saturated carbocycles. The molecule has 0 rings (SSSR count). The van der Waals surface area contributed by atoms with Gasteiger partial charge in [-0.15, -0.1) is 0 Å². The first-order chi connectivity index (χ1) is 7.46. The first-order valence-electron chi connectivity index (χ1n) is 5.78. The molecule has 0 atom stereocenters. The first kappa shape index (κ1) is 16.4. The van der Waals surface area contributed by atoms with Crippen LogP contribution < -0.4 is 5.73 Å². The monoisotopic (exact) mass is 263 g/mol. The van der Waals surface area contributed by atoms with Gasteiger partial charge in [0.15, 0.2) is 0 Å². The zero-order valence-electron chi connectivity index (χ0n) is 11.4. The first-order valence-corrected chi connectivity index (χ1v) is 7.39. The Hall–Kier alpha value is -0.620. The number of sulfonamides is 1. The van der Waals surface area contributed by atoms with Gasteiger partial charge in [-0.05, 0) is 19.3 Å². The van der Waals surface area contributed by atoms with Crippen molar-refractivity contribution in [3.8, 4) is 0 Å². The predicted octanol–water partition coefficient (Wildman–Crippen LogP) is 1.40. The summed E-state index contributed by atoms with van der Waals surface area (Å²) in [6.07, 6.45) is 0.279. The summed E-state index contributed by atoms with van der Waals surface area (Å²) >= 11 is 0. The predicted molar refractivity (Wildman–Crippen MR) is 71.6 cm³/mol. The lowest BCUT2D eigenvalue weighted by Crippen LogP contribution is -2.42. The Morgan fingerprint density at radius 2 is 1.82 bits per heavy atom. The number of amidine groups is 1. The van der Waals surface area contributed by atoms with Gasteiger partial charge in [0.25, 0.3) is 0 Å². The van der Waals surface area contributed by atoms with Crippen LogP contribution in [0.25, 0.3) is 0 Å². The van der Waals surface area contributed by atoms with Gasteiger partial charge in [-0.25, -0.2) is 8.42 Å². The van der Waals surface area contributed by atoms with Crippen LogP contribution in [0.3, 0.4) is 0 Å². The van der Waals surface area contributed by atoms with Crippen molar-refractivity contribution in [3.63, 3.8) is 0 Å². The van der Waals surface area contributed by atoms with Gasteiger partial charge < -0.3 is 5.73 Å². The minimum atomic E-state index is -3.29. The van der Waals surface area contributed by atoms with Crippen LogP contribution >= 0.6 is 0 Å². The molecule has 17 heavy (non-hydrogen) atoms. The SMILES string of the molecule is CC(C)N(CCC(=N)N)S(=O)(=O)CC(C)(C)C. The smallest absolute Gasteiger partial charge is 0.214 e. The van der Waals surface area contributed by atoms with E-state index >= 15 is 0 Å². The molecule has 0 heterocycles. The molecule has 0 fully saturated rings. The van der Waals surface area contributed by atoms with Gasteiger partial charge in [-0.2, -0.15) is 4.31 Å². The van der Waals surface area contributed by atoms with E-state index in [-0.39, 0.29) is 36.0 Å². The van der Waals surface area contributed by atoms with Gasteiger partial charge in [0.2, 0.25) is 10.0 Å². The molecule has 0 spiro atoms. The fourth-order valence-corrected chi connectivity index (χ4v) is 3.85. The maximum atomic E-state index is 12.2. The van der Waals surface area contributed by atoms with E-state index in [2.05, 4.69) is 0 Å². The second kappa shape index (κ2) is 5.82. The summed E-state index contributed by atoms with van der Waals surface area (Å²) in [6, 6.07) is -0.110. The normalized spacial score (nSPS) is 13.4. The van der Waals surface area contributed by atoms with Crippen molar-refractivity contribution < 1.29 is 8.42 Å². The maximum Gasteiger partial charge on any atom is 0.214 e. The van der Waals surface area contributed by atoms with Crippen LogP contribution in [0.1, 0.15) is 41.0 Å². The molecular formula is C11H25N3O2S. The van der Waals surface area contributed by atoms with Crippen LogP contribution in [0.5, 0.6) is 0 Å². The van der Waals surface area contributed by atoms with E-state index < -0.39 is 10.0 Å². The maximum absolute atomic E-state index is 12.2. The van der Waals surface area contributed by atoms with E-state index in [0.29, 0.717) is 0 Å². The standard InChI is InChI=1S/C11H25N3O2S/c1-9(2)14(7-6-10(12)13)17(15,16)8-11(3,4)5/h9H,6-8H2,1-5H3,(H3,12,13). The van der Waals surface area contributed by atoms with E-state index in [4.69, 9.17) is 11.1 Å². The van der Waals surface area contributed by atoms with E-state index in [1.165, 1.54) is 4.31 Å². The highest BCUT2D eigenvalue weighted by Gasteiger charge is 2.29. The van der Waals surface area contributed by atoms with Crippen LogP contribution in [0, 0.1) is 10.8 Å². The summed E-state index contributed by atoms with van der Waals surface area (Å²) in [4.78, 5) is 0. The van der Waals surface area contributed by atoms with Crippen LogP contribution in [0.2, 0.25) is 0 Å². The van der Waals surface area contributed by atoms with Gasteiger partial charge >= 0.3 is 0 Å². The number of nitrogens with zero attached hydrogens (tertiary/aromatic N) is 1. The number of hydrogen-bond donors (Lipinski definition) is 2. The van der Waals surface area contributed by atoms with Gasteiger partial charge in [-0.1, -0.05) is 20.8 Å². The quantitative estimate of drug-likeness (QED) is 0.561. The van der Waals surface area contributed by atoms with Crippen LogP contribution in [0.4, 0.5) is 0 Å². The molecule has 5 nitrogen and oxygen atoms in total. The van der Waals surface area contributed by atoms with Crippen molar-refractivity contribution in [2.75, 3.05) is 12.3 Å². The molecule has 0 unspecified atom stereocenters. The lowest BCUT2D eigenvalue weighted by molar-refractivity contribution is 0.349. The summed E-state index contributed by atoms with van der Waals surface area (Å²) in [6.45, 7) is 9.64. The van der Waals surface area contributed by atoms with E-state index in [1.54, 1.807) is 0 Å². The molecule has 0 aromatic heterocycles. The zero-order chi connectivity index (χ0) is 13.9. The van der Waals surface area contributed by atoms with Crippen molar-refractivity contribution in [3.05, 3.63) is 0 Å². The lowest BCUT2D eigenvalue weighted by atomic mass is 10.0. The van der Waals surface area contributed by atoms with Crippen LogP contribution in [-0.2, 0) is 10.0 Å². The van der Waals surface area contributed by atoms with Crippen molar-refractivity contribution in [2.24, 2.45) is 11.1 Å². The summed E-state index contributed by atoms with van der Waals surface area (Å²) in [7, 11) is -3.29. The molecule has 0 aromatic rings. The highest BCUT2D eigenvalue weighted by molar-refractivity contribution is 7.89. The number of hydrogen-bond acceptors (Lipinski definition) is 3. The molecular weight excluding hydrogens is 238 g/mol. The lowest BCUT2D eigenvalue weighted by Gasteiger charge is -2.29. The number of nitrogens with two attached hydrogens (primary N) is 1. The molecule has 0 aliphatic rings. The third kappa shape index (κ3) is 6.63. The van der Waals surface area contributed by atoms with E-state index in [1.807, 2.05) is 34.6 Å². The Morgan fingerprint density at radius 1 is 1.35 bits per heavy atom. The molecule has 0 saturated heterocycles. The average molecular weight is 263 g/mol. The Bertz CT molecular complexity index is 355. The molecule has 0 amide bonds. The second-order valence-electron chi connectivity index (χ2n) is 5.80. The Morgan fingerprint density at radius 3 is 2.12 bits per heavy atom. The van der Waals surface area contributed by atoms with Gasteiger partial charge in [0.05, 0.1) is 11.6 Å². The molecule has 0 aliphatic carbocycles. The summed E-state index contributed by atoms with van der Waals surface area (Å²) < 4.78 is 25.9. The van der Waals surface area contributed by atoms with Gasteiger partial charge in [-0.3, -0.25) is 5.41 Å². The van der Waals surface area contributed by atoms with Crippen molar-refractivity contribution in [1.82, 2.24) is 4.31 Å². The fraction of sp³-hybridized carbons (Fsp3) is 0.909. The highest BCUT2D eigenvalue weighted by Crippen LogP contribution is 2.20. The van der Waals surface area contributed by atoms with Crippen LogP contribution in [0.15, 0.2) is 0 Å². The molecule has 3 N–H and O–H groups in total. The van der Waals surface area contributed by atoms with Crippen LogP contribution in [-0.4, -0.2) is 36.9 Å². The highest BCUT2D eigenvalue weighted by atomic mass is 32.2. The molecule has 6 heteroatoms. The third-order valence-electron chi connectivity index (χ3n) is 2.15. The Kier molecular flexibility index (Phi) is 5.61. The van der Waals surface area contributed by atoms with Crippen molar-refractivity contribution in [2.45, 2.75) is 47.1 Å². The van der Waals surface area contributed by atoms with Crippen molar-refractivity contribution >= 4 is 15.9 Å². The zero-order valence-corrected chi connectivity index (χ0v) is 12.3. The summed E-state index contributed by atoms with van der Waals surface area (Å²) in [5.74, 6) is 0.123. The largest absolute Gasteiger partial charge is 0.388 e. The topological polar surface area (TPSA) is 87.2 Å². The van der Waals surface area contributed by atoms with E-state index in [9.17, 15) is 8.42 Å². The fourth-order valence-electron chi connectivity index (χ4n) is 1.58. The molecule has 102 valence electrons. The Balaban J connectivity index is 4.87. The minimum absolute atomic E-state index is 0.0154.